The summed E-state index contributed by atoms with van der Waals surface area (Å²) in [5.74, 6) is 0.174. The number of nitrogens with zero attached hydrogens (tertiary/aromatic N) is 1. The van der Waals surface area contributed by atoms with E-state index in [0.29, 0.717) is 11.0 Å². The van der Waals surface area contributed by atoms with Crippen LogP contribution in [0.4, 0.5) is 0 Å². The van der Waals surface area contributed by atoms with E-state index in [4.69, 9.17) is 0 Å². The summed E-state index contributed by atoms with van der Waals surface area (Å²) in [5, 5.41) is 0. The summed E-state index contributed by atoms with van der Waals surface area (Å²) in [6.07, 6.45) is 15.3. The zero-order chi connectivity index (χ0) is 15.3. The zero-order valence-corrected chi connectivity index (χ0v) is 16.9. The van der Waals surface area contributed by atoms with Crippen molar-refractivity contribution in [2.45, 2.75) is 84.0 Å². The van der Waals surface area contributed by atoms with E-state index < -0.39 is 0 Å². The first kappa shape index (κ1) is 23.4. The van der Waals surface area contributed by atoms with E-state index in [1.807, 2.05) is 21.1 Å². The molecule has 0 radical (unpaired) electrons. The van der Waals surface area contributed by atoms with Crippen LogP contribution in [0.15, 0.2) is 0 Å². The SMILES string of the molecule is CCCCCCCCCCCCCC(=O)N[N+](C)(C)C.[I-]. The highest BCUT2D eigenvalue weighted by Crippen LogP contribution is 2.11. The fraction of sp³-hybridized carbons (Fsp3) is 0.941. The Balaban J connectivity index is 0. The van der Waals surface area contributed by atoms with Gasteiger partial charge >= 0.3 is 0 Å². The van der Waals surface area contributed by atoms with Crippen LogP contribution in [0.1, 0.15) is 84.0 Å². The van der Waals surface area contributed by atoms with Gasteiger partial charge in [-0.1, -0.05) is 71.1 Å². The Kier molecular flexibility index (Phi) is 16.8. The Bertz CT molecular complexity index is 239. The summed E-state index contributed by atoms with van der Waals surface area (Å²) < 4.78 is 0.511. The Labute approximate surface area is 149 Å². The molecule has 0 atom stereocenters. The van der Waals surface area contributed by atoms with Gasteiger partial charge in [0.25, 0.3) is 5.91 Å². The average Bonchev–Trinajstić information content (AvgIpc) is 2.34. The molecule has 0 saturated heterocycles. The lowest BCUT2D eigenvalue weighted by molar-refractivity contribution is -0.906. The van der Waals surface area contributed by atoms with E-state index in [1.54, 1.807) is 0 Å². The number of unbranched alkanes of at least 4 members (excludes halogenated alkanes) is 10. The Morgan fingerprint density at radius 3 is 1.52 bits per heavy atom. The monoisotopic (exact) mass is 412 g/mol. The van der Waals surface area contributed by atoms with Crippen LogP contribution in [-0.2, 0) is 4.79 Å². The summed E-state index contributed by atoms with van der Waals surface area (Å²) in [4.78, 5) is 11.6. The number of nitrogens with one attached hydrogen (secondary N) is 1. The van der Waals surface area contributed by atoms with Crippen LogP contribution in [0.5, 0.6) is 0 Å². The maximum atomic E-state index is 11.6. The highest BCUT2D eigenvalue weighted by atomic mass is 127. The van der Waals surface area contributed by atoms with Crippen molar-refractivity contribution in [2.75, 3.05) is 21.1 Å². The van der Waals surface area contributed by atoms with Gasteiger partial charge in [0.2, 0.25) is 0 Å². The fourth-order valence-electron chi connectivity index (χ4n) is 2.38. The molecule has 0 spiro atoms. The Morgan fingerprint density at radius 2 is 1.14 bits per heavy atom. The number of rotatable bonds is 13. The molecule has 1 amide bonds. The van der Waals surface area contributed by atoms with Crippen LogP contribution in [0.3, 0.4) is 0 Å². The molecule has 1 N–H and O–H groups in total. The van der Waals surface area contributed by atoms with E-state index >= 15 is 0 Å². The van der Waals surface area contributed by atoms with Gasteiger partial charge in [-0.25, -0.2) is 10.0 Å². The molecule has 0 heterocycles. The number of hydrogen-bond donors (Lipinski definition) is 1. The van der Waals surface area contributed by atoms with Crippen LogP contribution in [-0.4, -0.2) is 31.6 Å². The number of carbonyl (C=O) groups is 1. The summed E-state index contributed by atoms with van der Waals surface area (Å²) >= 11 is 0. The van der Waals surface area contributed by atoms with Crippen LogP contribution in [0.2, 0.25) is 0 Å². The summed E-state index contributed by atoms with van der Waals surface area (Å²) in [6.45, 7) is 2.26. The predicted molar refractivity (Wildman–Crippen MR) is 87.3 cm³/mol. The topological polar surface area (TPSA) is 29.1 Å². The van der Waals surface area contributed by atoms with Gasteiger partial charge in [0.15, 0.2) is 0 Å². The van der Waals surface area contributed by atoms with Gasteiger partial charge in [0.05, 0.1) is 21.1 Å². The molecule has 0 aliphatic rings. The second kappa shape index (κ2) is 15.1. The molecule has 0 saturated carbocycles. The molecule has 0 bridgehead atoms. The largest absolute Gasteiger partial charge is 1.00 e. The van der Waals surface area contributed by atoms with E-state index in [0.717, 1.165) is 6.42 Å². The minimum atomic E-state index is 0. The van der Waals surface area contributed by atoms with Crippen LogP contribution < -0.4 is 29.4 Å². The van der Waals surface area contributed by atoms with E-state index in [9.17, 15) is 4.79 Å². The van der Waals surface area contributed by atoms with Gasteiger partial charge in [0, 0.05) is 6.42 Å². The fourth-order valence-corrected chi connectivity index (χ4v) is 2.38. The van der Waals surface area contributed by atoms with Gasteiger partial charge in [0.1, 0.15) is 0 Å². The van der Waals surface area contributed by atoms with Gasteiger partial charge in [-0.15, -0.1) is 0 Å². The molecule has 0 aliphatic carbocycles. The molecule has 3 nitrogen and oxygen atoms in total. The highest BCUT2D eigenvalue weighted by molar-refractivity contribution is 5.74. The van der Waals surface area contributed by atoms with Crippen molar-refractivity contribution in [3.63, 3.8) is 0 Å². The molecule has 0 rings (SSSR count). The second-order valence-electron chi connectivity index (χ2n) is 6.83. The van der Waals surface area contributed by atoms with Gasteiger partial charge < -0.3 is 24.0 Å². The van der Waals surface area contributed by atoms with Crippen LogP contribution in [0, 0.1) is 0 Å². The van der Waals surface area contributed by atoms with Crippen LogP contribution >= 0.6 is 0 Å². The van der Waals surface area contributed by atoms with Gasteiger partial charge in [-0.05, 0) is 6.42 Å². The quantitative estimate of drug-likeness (QED) is 0.211. The van der Waals surface area contributed by atoms with Crippen molar-refractivity contribution in [1.29, 1.82) is 0 Å². The smallest absolute Gasteiger partial charge is 0.264 e. The molecular weight excluding hydrogens is 375 g/mol. The standard InChI is InChI=1S/C17H36N2O.HI/c1-5-6-7-8-9-10-11-12-13-14-15-16-17(20)18-19(2,3)4;/h5-16H2,1-4H3;1H. The molecule has 0 aliphatic heterocycles. The first-order chi connectivity index (χ1) is 9.45. The Morgan fingerprint density at radius 1 is 0.762 bits per heavy atom. The molecule has 0 aromatic carbocycles. The highest BCUT2D eigenvalue weighted by Gasteiger charge is 2.11. The maximum Gasteiger partial charge on any atom is 0.264 e. The minimum Gasteiger partial charge on any atom is -1.00 e. The van der Waals surface area contributed by atoms with Crippen molar-refractivity contribution >= 4 is 5.91 Å². The lowest BCUT2D eigenvalue weighted by atomic mass is 10.1. The molecule has 21 heavy (non-hydrogen) atoms. The van der Waals surface area contributed by atoms with E-state index in [-0.39, 0.29) is 29.9 Å². The second-order valence-corrected chi connectivity index (χ2v) is 6.83. The van der Waals surface area contributed by atoms with Gasteiger partial charge in [-0.2, -0.15) is 0 Å². The molecule has 0 aromatic rings. The van der Waals surface area contributed by atoms with Crippen molar-refractivity contribution in [3.8, 4) is 0 Å². The number of carbonyl (C=O) groups excluding carboxylic acids is 1. The van der Waals surface area contributed by atoms with E-state index in [1.165, 1.54) is 64.2 Å². The molecule has 128 valence electrons. The third kappa shape index (κ3) is 20.2. The lowest BCUT2D eigenvalue weighted by Gasteiger charge is -2.23. The minimum absolute atomic E-state index is 0. The average molecular weight is 412 g/mol. The first-order valence-corrected chi connectivity index (χ1v) is 8.58. The maximum absolute atomic E-state index is 11.6. The number of halogens is 1. The number of hydrogen-bond acceptors (Lipinski definition) is 1. The summed E-state index contributed by atoms with van der Waals surface area (Å²) in [7, 11) is 5.91. The third-order valence-electron chi connectivity index (χ3n) is 3.47. The first-order valence-electron chi connectivity index (χ1n) is 8.58. The predicted octanol–water partition coefficient (Wildman–Crippen LogP) is 1.43. The molecule has 4 heteroatoms. The normalized spacial score (nSPS) is 11.0. The third-order valence-corrected chi connectivity index (χ3v) is 3.47. The van der Waals surface area contributed by atoms with Gasteiger partial charge in [-0.3, -0.25) is 4.79 Å². The van der Waals surface area contributed by atoms with Crippen LogP contribution in [0.25, 0.3) is 0 Å². The number of quaternary nitrogens is 1. The molecule has 0 unspecified atom stereocenters. The lowest BCUT2D eigenvalue weighted by Crippen LogP contribution is -3.00. The van der Waals surface area contributed by atoms with E-state index in [2.05, 4.69) is 12.3 Å². The number of amides is 1. The molecule has 0 aromatic heterocycles. The van der Waals surface area contributed by atoms with Crippen molar-refractivity contribution in [3.05, 3.63) is 0 Å². The van der Waals surface area contributed by atoms with Crippen molar-refractivity contribution in [2.24, 2.45) is 0 Å². The Hall–Kier alpha value is 0.160. The van der Waals surface area contributed by atoms with Crippen molar-refractivity contribution < 1.29 is 33.4 Å². The molecular formula is C17H37IN2O. The van der Waals surface area contributed by atoms with Crippen molar-refractivity contribution in [1.82, 2.24) is 5.43 Å². The molecule has 0 fully saturated rings. The summed E-state index contributed by atoms with van der Waals surface area (Å²) in [6, 6.07) is 0. The summed E-state index contributed by atoms with van der Waals surface area (Å²) in [5.41, 5.74) is 2.95. The zero-order valence-electron chi connectivity index (χ0n) is 14.7.